The number of carbonyl (C=O) groups is 1. The number of fused-ring (bicyclic) bond motifs is 2. The first kappa shape index (κ1) is 8.35. The molecular weight excluding hydrogens is 222 g/mol. The van der Waals surface area contributed by atoms with E-state index in [0.29, 0.717) is 10.9 Å². The summed E-state index contributed by atoms with van der Waals surface area (Å²) in [5.41, 5.74) is 0. The van der Waals surface area contributed by atoms with Gasteiger partial charge in [0, 0.05) is 16.9 Å². The van der Waals surface area contributed by atoms with Crippen molar-refractivity contribution in [2.75, 3.05) is 0 Å². The van der Waals surface area contributed by atoms with Crippen LogP contribution in [0.1, 0.15) is 25.7 Å². The van der Waals surface area contributed by atoms with Gasteiger partial charge in [-0.05, 0) is 25.7 Å². The average Bonchev–Trinajstić information content (AvgIpc) is 2.35. The summed E-state index contributed by atoms with van der Waals surface area (Å²) in [5, 5.41) is 8.94. The molecular formula is C8H12BrNO2. The van der Waals surface area contributed by atoms with Crippen LogP contribution in [0.15, 0.2) is 0 Å². The number of hydrogen-bond acceptors (Lipinski definition) is 1. The zero-order valence-electron chi connectivity index (χ0n) is 6.74. The fraction of sp³-hybridized carbons (Fsp3) is 0.875. The summed E-state index contributed by atoms with van der Waals surface area (Å²) in [6, 6.07) is 0.544. The second-order valence-electron chi connectivity index (χ2n) is 3.58. The van der Waals surface area contributed by atoms with Crippen LogP contribution >= 0.6 is 15.9 Å². The molecule has 12 heavy (non-hydrogen) atoms. The number of piperidine rings is 1. The van der Waals surface area contributed by atoms with Crippen molar-refractivity contribution >= 4 is 22.0 Å². The quantitative estimate of drug-likeness (QED) is 0.651. The molecule has 3 atom stereocenters. The van der Waals surface area contributed by atoms with E-state index < -0.39 is 6.09 Å². The summed E-state index contributed by atoms with van der Waals surface area (Å²) >= 11 is 3.55. The number of halogens is 1. The maximum atomic E-state index is 10.9. The predicted octanol–water partition coefficient (Wildman–Crippen LogP) is 2.05. The van der Waals surface area contributed by atoms with Crippen LogP contribution in [0.25, 0.3) is 0 Å². The molecule has 1 amide bonds. The van der Waals surface area contributed by atoms with Gasteiger partial charge in [-0.2, -0.15) is 0 Å². The van der Waals surface area contributed by atoms with Crippen LogP contribution < -0.4 is 0 Å². The molecule has 4 heteroatoms. The van der Waals surface area contributed by atoms with Gasteiger partial charge in [-0.1, -0.05) is 15.9 Å². The van der Waals surface area contributed by atoms with Crippen molar-refractivity contribution in [3.05, 3.63) is 0 Å². The van der Waals surface area contributed by atoms with Crippen molar-refractivity contribution < 1.29 is 9.90 Å². The lowest BCUT2D eigenvalue weighted by Crippen LogP contribution is -2.48. The van der Waals surface area contributed by atoms with Crippen molar-refractivity contribution in [3.63, 3.8) is 0 Å². The topological polar surface area (TPSA) is 40.5 Å². The first-order chi connectivity index (χ1) is 5.70. The third kappa shape index (κ3) is 1.13. The largest absolute Gasteiger partial charge is 0.465 e. The number of rotatable bonds is 0. The summed E-state index contributed by atoms with van der Waals surface area (Å²) in [6.07, 6.45) is 3.50. The van der Waals surface area contributed by atoms with E-state index in [4.69, 9.17) is 5.11 Å². The first-order valence-electron chi connectivity index (χ1n) is 4.35. The molecule has 2 rings (SSSR count). The molecule has 2 bridgehead atoms. The standard InChI is InChI=1S/C8H12BrNO2/c9-6-3-1-5-2-4-7(6)10(5)8(11)12/h5-7H,1-4H2,(H,11,12)/t5-,6?,7-/m1/s1. The Balaban J connectivity index is 2.18. The van der Waals surface area contributed by atoms with Gasteiger partial charge in [0.1, 0.15) is 0 Å². The van der Waals surface area contributed by atoms with E-state index in [-0.39, 0.29) is 6.04 Å². The minimum atomic E-state index is -0.744. The lowest BCUT2D eigenvalue weighted by atomic mass is 10.0. The first-order valence-corrected chi connectivity index (χ1v) is 5.27. The van der Waals surface area contributed by atoms with Crippen LogP contribution in [0.2, 0.25) is 0 Å². The molecule has 0 spiro atoms. The van der Waals surface area contributed by atoms with Gasteiger partial charge in [0.2, 0.25) is 0 Å². The van der Waals surface area contributed by atoms with Gasteiger partial charge in [0.05, 0.1) is 0 Å². The van der Waals surface area contributed by atoms with E-state index in [9.17, 15) is 4.79 Å². The second kappa shape index (κ2) is 2.91. The number of nitrogens with zero attached hydrogens (tertiary/aromatic N) is 1. The Labute approximate surface area is 79.9 Å². The van der Waals surface area contributed by atoms with E-state index in [1.54, 1.807) is 4.90 Å². The predicted molar refractivity (Wildman–Crippen MR) is 48.6 cm³/mol. The molecule has 1 N–H and O–H groups in total. The molecule has 0 aromatic heterocycles. The summed E-state index contributed by atoms with van der Waals surface area (Å²) in [4.78, 5) is 12.9. The number of amides is 1. The molecule has 0 saturated carbocycles. The third-order valence-electron chi connectivity index (χ3n) is 2.96. The summed E-state index contributed by atoms with van der Waals surface area (Å²) in [7, 11) is 0. The summed E-state index contributed by atoms with van der Waals surface area (Å²) in [5.74, 6) is 0. The van der Waals surface area contributed by atoms with Crippen molar-refractivity contribution in [1.82, 2.24) is 4.90 Å². The number of hydrogen-bond donors (Lipinski definition) is 1. The smallest absolute Gasteiger partial charge is 0.407 e. The molecule has 0 aromatic rings. The van der Waals surface area contributed by atoms with E-state index in [0.717, 1.165) is 25.7 Å². The lowest BCUT2D eigenvalue weighted by Gasteiger charge is -2.35. The van der Waals surface area contributed by atoms with Crippen LogP contribution in [0.4, 0.5) is 4.79 Å². The minimum absolute atomic E-state index is 0.237. The fourth-order valence-electron chi connectivity index (χ4n) is 2.39. The zero-order chi connectivity index (χ0) is 8.72. The Bertz CT molecular complexity index is 209. The molecule has 0 aromatic carbocycles. The average molecular weight is 234 g/mol. The maximum Gasteiger partial charge on any atom is 0.407 e. The molecule has 2 aliphatic heterocycles. The van der Waals surface area contributed by atoms with Crippen LogP contribution in [0.3, 0.4) is 0 Å². The van der Waals surface area contributed by atoms with Crippen LogP contribution in [-0.4, -0.2) is 33.0 Å². The van der Waals surface area contributed by atoms with E-state index in [1.807, 2.05) is 0 Å². The highest BCUT2D eigenvalue weighted by Gasteiger charge is 2.43. The molecule has 3 nitrogen and oxygen atoms in total. The van der Waals surface area contributed by atoms with Gasteiger partial charge in [0.15, 0.2) is 0 Å². The van der Waals surface area contributed by atoms with E-state index >= 15 is 0 Å². The van der Waals surface area contributed by atoms with Crippen LogP contribution in [-0.2, 0) is 0 Å². The van der Waals surface area contributed by atoms with Gasteiger partial charge in [-0.15, -0.1) is 0 Å². The molecule has 2 heterocycles. The Morgan fingerprint density at radius 1 is 1.33 bits per heavy atom. The summed E-state index contributed by atoms with van der Waals surface area (Å²) in [6.45, 7) is 0. The molecule has 0 radical (unpaired) electrons. The van der Waals surface area contributed by atoms with Gasteiger partial charge < -0.3 is 10.0 Å². The zero-order valence-corrected chi connectivity index (χ0v) is 8.33. The van der Waals surface area contributed by atoms with E-state index in [2.05, 4.69) is 15.9 Å². The SMILES string of the molecule is O=C(O)N1[C@@H]2CCC(Br)[C@H]1CC2. The Kier molecular flexibility index (Phi) is 2.02. The highest BCUT2D eigenvalue weighted by atomic mass is 79.9. The number of carboxylic acid groups (broad SMARTS) is 1. The number of alkyl halides is 1. The van der Waals surface area contributed by atoms with Gasteiger partial charge >= 0.3 is 6.09 Å². The van der Waals surface area contributed by atoms with Gasteiger partial charge in [0.25, 0.3) is 0 Å². The molecule has 68 valence electrons. The van der Waals surface area contributed by atoms with Crippen molar-refractivity contribution in [2.45, 2.75) is 42.6 Å². The normalized spacial score (nSPS) is 40.1. The van der Waals surface area contributed by atoms with Crippen LogP contribution in [0.5, 0.6) is 0 Å². The summed E-state index contributed by atoms with van der Waals surface area (Å²) < 4.78 is 0. The second-order valence-corrected chi connectivity index (χ2v) is 4.76. The Hall–Kier alpha value is -0.250. The Morgan fingerprint density at radius 3 is 2.58 bits per heavy atom. The highest BCUT2D eigenvalue weighted by Crippen LogP contribution is 2.38. The molecule has 1 unspecified atom stereocenters. The lowest BCUT2D eigenvalue weighted by molar-refractivity contribution is 0.106. The maximum absolute atomic E-state index is 10.9. The molecule has 2 fully saturated rings. The van der Waals surface area contributed by atoms with E-state index in [1.165, 1.54) is 0 Å². The third-order valence-corrected chi connectivity index (χ3v) is 4.03. The molecule has 2 aliphatic rings. The minimum Gasteiger partial charge on any atom is -0.465 e. The molecule has 2 saturated heterocycles. The Morgan fingerprint density at radius 2 is 2.00 bits per heavy atom. The fourth-order valence-corrected chi connectivity index (χ4v) is 3.18. The molecule has 0 aliphatic carbocycles. The van der Waals surface area contributed by atoms with Crippen molar-refractivity contribution in [2.24, 2.45) is 0 Å². The van der Waals surface area contributed by atoms with Gasteiger partial charge in [-0.25, -0.2) is 4.79 Å². The van der Waals surface area contributed by atoms with Crippen molar-refractivity contribution in [1.29, 1.82) is 0 Å². The van der Waals surface area contributed by atoms with Gasteiger partial charge in [-0.3, -0.25) is 0 Å². The highest BCUT2D eigenvalue weighted by molar-refractivity contribution is 9.09. The van der Waals surface area contributed by atoms with Crippen LogP contribution in [0, 0.1) is 0 Å². The monoisotopic (exact) mass is 233 g/mol. The van der Waals surface area contributed by atoms with Crippen molar-refractivity contribution in [3.8, 4) is 0 Å².